The number of nitrogens with one attached hydrogen (secondary N) is 1. The first-order valence-electron chi connectivity index (χ1n) is 7.53. The summed E-state index contributed by atoms with van der Waals surface area (Å²) in [5.74, 6) is -0.503. The van der Waals surface area contributed by atoms with Crippen molar-refractivity contribution in [2.75, 3.05) is 44.8 Å². The van der Waals surface area contributed by atoms with Crippen LogP contribution in [0.25, 0.3) is 0 Å². The number of aryl methyl sites for hydroxylation is 1. The van der Waals surface area contributed by atoms with Crippen molar-refractivity contribution in [3.63, 3.8) is 0 Å². The molecular weight excluding hydrogens is 304 g/mol. The van der Waals surface area contributed by atoms with E-state index in [9.17, 15) is 9.59 Å². The highest BCUT2D eigenvalue weighted by Crippen LogP contribution is 2.29. The Morgan fingerprint density at radius 2 is 2.09 bits per heavy atom. The van der Waals surface area contributed by atoms with Gasteiger partial charge < -0.3 is 14.8 Å². The molecule has 0 bridgehead atoms. The van der Waals surface area contributed by atoms with Gasteiger partial charge in [0.25, 0.3) is 0 Å². The molecule has 1 aliphatic heterocycles. The fourth-order valence-corrected chi connectivity index (χ4v) is 3.20. The Labute approximate surface area is 134 Å². The Kier molecular flexibility index (Phi) is 6.35. The van der Waals surface area contributed by atoms with E-state index in [1.165, 1.54) is 11.3 Å². The molecule has 0 radical (unpaired) electrons. The topological polar surface area (TPSA) is 67.9 Å². The van der Waals surface area contributed by atoms with Crippen LogP contribution in [0.2, 0.25) is 0 Å². The van der Waals surface area contributed by atoms with Gasteiger partial charge in [0, 0.05) is 18.0 Å². The summed E-state index contributed by atoms with van der Waals surface area (Å²) < 4.78 is 10.3. The van der Waals surface area contributed by atoms with E-state index >= 15 is 0 Å². The smallest absolute Gasteiger partial charge is 0.341 e. The van der Waals surface area contributed by atoms with Gasteiger partial charge in [-0.2, -0.15) is 0 Å². The lowest BCUT2D eigenvalue weighted by atomic mass is 10.2. The van der Waals surface area contributed by atoms with Crippen molar-refractivity contribution in [1.82, 2.24) is 4.90 Å². The maximum absolute atomic E-state index is 12.2. The number of ether oxygens (including phenoxy) is 2. The Hall–Kier alpha value is -1.44. The van der Waals surface area contributed by atoms with Crippen LogP contribution in [0.5, 0.6) is 0 Å². The van der Waals surface area contributed by atoms with E-state index < -0.39 is 0 Å². The molecule has 1 aliphatic rings. The summed E-state index contributed by atoms with van der Waals surface area (Å²) in [6, 6.07) is 1.80. The molecule has 2 heterocycles. The summed E-state index contributed by atoms with van der Waals surface area (Å²) in [5.41, 5.74) is 0.444. The summed E-state index contributed by atoms with van der Waals surface area (Å²) >= 11 is 1.43. The third kappa shape index (κ3) is 4.53. The highest BCUT2D eigenvalue weighted by Gasteiger charge is 2.20. The van der Waals surface area contributed by atoms with Crippen LogP contribution >= 0.6 is 11.3 Å². The van der Waals surface area contributed by atoms with Gasteiger partial charge in [0.2, 0.25) is 5.91 Å². The first-order valence-corrected chi connectivity index (χ1v) is 8.35. The second kappa shape index (κ2) is 8.26. The Morgan fingerprint density at radius 3 is 2.73 bits per heavy atom. The fraction of sp³-hybridized carbons (Fsp3) is 0.600. The normalized spacial score (nSPS) is 15.5. The van der Waals surface area contributed by atoms with Crippen LogP contribution in [0, 0.1) is 0 Å². The molecule has 1 aromatic rings. The Bertz CT molecular complexity index is 524. The van der Waals surface area contributed by atoms with Crippen LogP contribution in [0.4, 0.5) is 5.00 Å². The number of amides is 1. The summed E-state index contributed by atoms with van der Waals surface area (Å²) in [6.07, 6.45) is 0.816. The molecule has 1 amide bonds. The van der Waals surface area contributed by atoms with Gasteiger partial charge in [0.1, 0.15) is 5.00 Å². The highest BCUT2D eigenvalue weighted by atomic mass is 32.1. The first kappa shape index (κ1) is 16.9. The highest BCUT2D eigenvalue weighted by molar-refractivity contribution is 7.16. The summed E-state index contributed by atoms with van der Waals surface area (Å²) in [5, 5.41) is 3.43. The lowest BCUT2D eigenvalue weighted by Crippen LogP contribution is -2.41. The SMILES string of the molecule is CCOC(=O)c1cc(CC)sc1NC(=O)CN1CCOCC1. The van der Waals surface area contributed by atoms with E-state index in [4.69, 9.17) is 9.47 Å². The lowest BCUT2D eigenvalue weighted by molar-refractivity contribution is -0.118. The number of hydrogen-bond acceptors (Lipinski definition) is 6. The number of nitrogens with zero attached hydrogens (tertiary/aromatic N) is 1. The van der Waals surface area contributed by atoms with Crippen molar-refractivity contribution in [1.29, 1.82) is 0 Å². The molecule has 0 spiro atoms. The minimum absolute atomic E-state index is 0.114. The molecule has 1 saturated heterocycles. The first-order chi connectivity index (χ1) is 10.6. The zero-order valence-electron chi connectivity index (χ0n) is 13.0. The van der Waals surface area contributed by atoms with Gasteiger partial charge in [-0.3, -0.25) is 9.69 Å². The quantitative estimate of drug-likeness (QED) is 0.807. The third-order valence-corrected chi connectivity index (χ3v) is 4.55. The number of esters is 1. The van der Waals surface area contributed by atoms with Crippen LogP contribution in [0.15, 0.2) is 6.07 Å². The van der Waals surface area contributed by atoms with E-state index in [1.807, 2.05) is 11.8 Å². The largest absolute Gasteiger partial charge is 0.462 e. The minimum Gasteiger partial charge on any atom is -0.462 e. The molecule has 122 valence electrons. The van der Waals surface area contributed by atoms with Gasteiger partial charge in [-0.25, -0.2) is 4.79 Å². The van der Waals surface area contributed by atoms with Crippen molar-refractivity contribution < 1.29 is 19.1 Å². The van der Waals surface area contributed by atoms with E-state index in [0.29, 0.717) is 36.9 Å². The van der Waals surface area contributed by atoms with Crippen LogP contribution in [-0.2, 0) is 20.7 Å². The minimum atomic E-state index is -0.389. The predicted octanol–water partition coefficient (Wildman–Crippen LogP) is 1.76. The van der Waals surface area contributed by atoms with Gasteiger partial charge in [0.15, 0.2) is 0 Å². The average molecular weight is 326 g/mol. The lowest BCUT2D eigenvalue weighted by Gasteiger charge is -2.25. The molecule has 0 aliphatic carbocycles. The second-order valence-electron chi connectivity index (χ2n) is 4.97. The molecule has 0 unspecified atom stereocenters. The van der Waals surface area contributed by atoms with E-state index in [0.717, 1.165) is 24.4 Å². The van der Waals surface area contributed by atoms with Gasteiger partial charge in [-0.1, -0.05) is 6.92 Å². The second-order valence-corrected chi connectivity index (χ2v) is 6.10. The molecule has 7 heteroatoms. The molecule has 0 saturated carbocycles. The average Bonchev–Trinajstić information content (AvgIpc) is 2.91. The van der Waals surface area contributed by atoms with Crippen LogP contribution < -0.4 is 5.32 Å². The van der Waals surface area contributed by atoms with E-state index in [2.05, 4.69) is 5.32 Å². The molecule has 1 fully saturated rings. The summed E-state index contributed by atoms with van der Waals surface area (Å²) in [4.78, 5) is 27.2. The van der Waals surface area contributed by atoms with Crippen molar-refractivity contribution in [3.05, 3.63) is 16.5 Å². The fourth-order valence-electron chi connectivity index (χ4n) is 2.20. The number of hydrogen-bond donors (Lipinski definition) is 1. The van der Waals surface area contributed by atoms with Gasteiger partial charge in [-0.15, -0.1) is 11.3 Å². The molecule has 2 rings (SSSR count). The summed E-state index contributed by atoms with van der Waals surface area (Å²) in [7, 11) is 0. The molecule has 6 nitrogen and oxygen atoms in total. The van der Waals surface area contributed by atoms with Gasteiger partial charge in [-0.05, 0) is 19.4 Å². The number of thiophene rings is 1. The van der Waals surface area contributed by atoms with Gasteiger partial charge >= 0.3 is 5.97 Å². The van der Waals surface area contributed by atoms with E-state index in [-0.39, 0.29) is 11.9 Å². The molecule has 0 atom stereocenters. The monoisotopic (exact) mass is 326 g/mol. The maximum Gasteiger partial charge on any atom is 0.341 e. The molecule has 22 heavy (non-hydrogen) atoms. The van der Waals surface area contributed by atoms with E-state index in [1.54, 1.807) is 13.0 Å². The van der Waals surface area contributed by atoms with Crippen molar-refractivity contribution in [2.24, 2.45) is 0 Å². The molecule has 0 aromatic carbocycles. The van der Waals surface area contributed by atoms with Crippen LogP contribution in [0.1, 0.15) is 29.1 Å². The Morgan fingerprint density at radius 1 is 1.36 bits per heavy atom. The molecular formula is C15H22N2O4S. The van der Waals surface area contributed by atoms with Crippen molar-refractivity contribution in [2.45, 2.75) is 20.3 Å². The number of rotatable bonds is 6. The zero-order valence-corrected chi connectivity index (χ0v) is 13.8. The molecule has 1 N–H and O–H groups in total. The number of carbonyl (C=O) groups is 2. The number of anilines is 1. The van der Waals surface area contributed by atoms with Gasteiger partial charge in [0.05, 0.1) is 31.9 Å². The maximum atomic E-state index is 12.2. The number of carbonyl (C=O) groups excluding carboxylic acids is 2. The van der Waals surface area contributed by atoms with Crippen molar-refractivity contribution in [3.8, 4) is 0 Å². The van der Waals surface area contributed by atoms with Crippen LogP contribution in [-0.4, -0.2) is 56.2 Å². The third-order valence-electron chi connectivity index (χ3n) is 3.35. The zero-order chi connectivity index (χ0) is 15.9. The predicted molar refractivity (Wildman–Crippen MR) is 85.5 cm³/mol. The van der Waals surface area contributed by atoms with Crippen LogP contribution in [0.3, 0.4) is 0 Å². The Balaban J connectivity index is 2.02. The summed E-state index contributed by atoms with van der Waals surface area (Å²) in [6.45, 7) is 7.22. The number of morpholine rings is 1. The molecule has 1 aromatic heterocycles. The van der Waals surface area contributed by atoms with Crippen molar-refractivity contribution >= 4 is 28.2 Å². The standard InChI is InChI=1S/C15H22N2O4S/c1-3-11-9-12(15(19)21-4-2)14(22-11)16-13(18)10-17-5-7-20-8-6-17/h9H,3-8,10H2,1-2H3,(H,16,18).